The van der Waals surface area contributed by atoms with Crippen LogP contribution in [0.2, 0.25) is 0 Å². The number of ether oxygens (including phenoxy) is 1. The average Bonchev–Trinajstić information content (AvgIpc) is 2.88. The molecule has 1 amide bonds. The van der Waals surface area contributed by atoms with Crippen LogP contribution in [0.1, 0.15) is 46.0 Å². The molecular formula is C15H19I2N3O2. The molecule has 0 radical (unpaired) electrons. The van der Waals surface area contributed by atoms with Crippen LogP contribution >= 0.6 is 45.2 Å². The fourth-order valence-electron chi connectivity index (χ4n) is 2.59. The van der Waals surface area contributed by atoms with E-state index in [1.165, 1.54) is 0 Å². The Morgan fingerprint density at radius 3 is 2.59 bits per heavy atom. The van der Waals surface area contributed by atoms with Crippen molar-refractivity contribution in [2.75, 3.05) is 0 Å². The van der Waals surface area contributed by atoms with Crippen LogP contribution < -0.4 is 0 Å². The van der Waals surface area contributed by atoms with Gasteiger partial charge in [0.05, 0.1) is 6.04 Å². The molecule has 0 saturated carbocycles. The van der Waals surface area contributed by atoms with Gasteiger partial charge in [-0.25, -0.2) is 9.78 Å². The van der Waals surface area contributed by atoms with Crippen LogP contribution in [0.25, 0.3) is 0 Å². The van der Waals surface area contributed by atoms with Gasteiger partial charge < -0.3 is 9.72 Å². The van der Waals surface area contributed by atoms with Crippen molar-refractivity contribution in [2.45, 2.75) is 51.8 Å². The quantitative estimate of drug-likeness (QED) is 0.445. The number of nitrogens with zero attached hydrogens (tertiary/aromatic N) is 2. The van der Waals surface area contributed by atoms with Crippen LogP contribution in [0.15, 0.2) is 0 Å². The highest BCUT2D eigenvalue weighted by Crippen LogP contribution is 2.40. The Labute approximate surface area is 158 Å². The summed E-state index contributed by atoms with van der Waals surface area (Å²) < 4.78 is 7.41. The Bertz CT molecular complexity index is 596. The number of amides is 1. The first kappa shape index (κ1) is 17.8. The molecule has 1 aromatic heterocycles. The molecule has 2 rings (SSSR count). The number of aromatic amines is 1. The zero-order chi connectivity index (χ0) is 16.7. The average molecular weight is 527 g/mol. The third-order valence-corrected chi connectivity index (χ3v) is 6.20. The normalized spacial score (nSPS) is 25.1. The van der Waals surface area contributed by atoms with Crippen molar-refractivity contribution in [3.8, 4) is 12.3 Å². The lowest BCUT2D eigenvalue weighted by Gasteiger charge is -2.30. The van der Waals surface area contributed by atoms with Crippen molar-refractivity contribution < 1.29 is 9.53 Å². The van der Waals surface area contributed by atoms with Crippen LogP contribution in [0, 0.1) is 25.7 Å². The highest BCUT2D eigenvalue weighted by atomic mass is 127. The van der Waals surface area contributed by atoms with Gasteiger partial charge in [-0.1, -0.05) is 0 Å². The predicted octanol–water partition coefficient (Wildman–Crippen LogP) is 3.94. The summed E-state index contributed by atoms with van der Waals surface area (Å²) in [5, 5.41) is 0. The molecule has 3 atom stereocenters. The molecule has 7 heteroatoms. The van der Waals surface area contributed by atoms with Gasteiger partial charge in [0.25, 0.3) is 0 Å². The van der Waals surface area contributed by atoms with Gasteiger partial charge in [-0.3, -0.25) is 4.90 Å². The second-order valence-corrected chi connectivity index (χ2v) is 8.48. The minimum Gasteiger partial charge on any atom is -0.444 e. The van der Waals surface area contributed by atoms with Crippen LogP contribution in [0.4, 0.5) is 4.79 Å². The molecule has 1 aliphatic heterocycles. The molecule has 1 aromatic rings. The number of hydrogen-bond donors (Lipinski definition) is 1. The van der Waals surface area contributed by atoms with Gasteiger partial charge in [0.1, 0.15) is 18.8 Å². The molecule has 0 unspecified atom stereocenters. The molecule has 0 aliphatic carbocycles. The fraction of sp³-hybridized carbons (Fsp3) is 0.600. The minimum absolute atomic E-state index is 0.00191. The lowest BCUT2D eigenvalue weighted by Crippen LogP contribution is -2.41. The number of likely N-dealkylation sites (tertiary alicyclic amines) is 1. The smallest absolute Gasteiger partial charge is 0.411 e. The third kappa shape index (κ3) is 3.69. The van der Waals surface area contributed by atoms with E-state index in [0.717, 1.165) is 13.2 Å². The van der Waals surface area contributed by atoms with E-state index in [1.807, 2.05) is 27.7 Å². The highest BCUT2D eigenvalue weighted by Gasteiger charge is 2.44. The van der Waals surface area contributed by atoms with E-state index in [2.05, 4.69) is 61.1 Å². The highest BCUT2D eigenvalue weighted by molar-refractivity contribution is 14.1. The van der Waals surface area contributed by atoms with Crippen molar-refractivity contribution >= 4 is 51.3 Å². The maximum Gasteiger partial charge on any atom is 0.411 e. The Balaban J connectivity index is 2.33. The van der Waals surface area contributed by atoms with Crippen LogP contribution in [0.5, 0.6) is 0 Å². The zero-order valence-electron chi connectivity index (χ0n) is 13.0. The van der Waals surface area contributed by atoms with Crippen molar-refractivity contribution in [3.63, 3.8) is 0 Å². The number of nitrogens with one attached hydrogen (secondary N) is 1. The topological polar surface area (TPSA) is 58.2 Å². The number of H-pyrrole nitrogens is 1. The van der Waals surface area contributed by atoms with E-state index < -0.39 is 5.60 Å². The van der Waals surface area contributed by atoms with E-state index in [4.69, 9.17) is 11.2 Å². The number of imidazole rings is 1. The van der Waals surface area contributed by atoms with E-state index >= 15 is 0 Å². The lowest BCUT2D eigenvalue weighted by molar-refractivity contribution is 0.0144. The summed E-state index contributed by atoms with van der Waals surface area (Å²) in [5.41, 5.74) is -0.540. The number of terminal acetylenes is 1. The van der Waals surface area contributed by atoms with Gasteiger partial charge >= 0.3 is 6.09 Å². The van der Waals surface area contributed by atoms with Gasteiger partial charge in [-0.15, -0.1) is 12.3 Å². The molecule has 2 heterocycles. The number of rotatable bonds is 1. The molecule has 1 aliphatic rings. The van der Waals surface area contributed by atoms with Crippen LogP contribution in [0.3, 0.4) is 0 Å². The summed E-state index contributed by atoms with van der Waals surface area (Å²) in [6.07, 6.45) is 5.97. The number of carbonyl (C=O) groups is 1. The zero-order valence-corrected chi connectivity index (χ0v) is 17.3. The summed E-state index contributed by atoms with van der Waals surface area (Å²) in [7, 11) is 0. The molecule has 0 aromatic carbocycles. The number of hydrogen-bond acceptors (Lipinski definition) is 3. The standard InChI is InChI=1S/C15H19I2N3O2/c1-6-9-7-10(13-18-11(16)12(17)19-13)20(8(9)2)14(21)22-15(3,4)5/h1,8-10H,7H2,2-5H3,(H,18,19)/t8-,9-,10+/m1/s1. The van der Waals surface area contributed by atoms with Crippen molar-refractivity contribution in [3.05, 3.63) is 13.2 Å². The van der Waals surface area contributed by atoms with Gasteiger partial charge in [0.15, 0.2) is 0 Å². The molecule has 1 saturated heterocycles. The Hall–Kier alpha value is -0.500. The van der Waals surface area contributed by atoms with Gasteiger partial charge in [-0.2, -0.15) is 0 Å². The molecular weight excluding hydrogens is 508 g/mol. The first-order valence-electron chi connectivity index (χ1n) is 7.02. The van der Waals surface area contributed by atoms with Gasteiger partial charge in [0, 0.05) is 12.0 Å². The summed E-state index contributed by atoms with van der Waals surface area (Å²) in [6.45, 7) is 7.54. The predicted molar refractivity (Wildman–Crippen MR) is 101 cm³/mol. The molecule has 0 bridgehead atoms. The fourth-order valence-corrected chi connectivity index (χ4v) is 3.38. The largest absolute Gasteiger partial charge is 0.444 e. The summed E-state index contributed by atoms with van der Waals surface area (Å²) in [4.78, 5) is 22.1. The first-order chi connectivity index (χ1) is 10.1. The molecule has 5 nitrogen and oxygen atoms in total. The Morgan fingerprint density at radius 2 is 2.14 bits per heavy atom. The summed E-state index contributed by atoms with van der Waals surface area (Å²) in [5.74, 6) is 3.55. The monoisotopic (exact) mass is 527 g/mol. The molecule has 22 heavy (non-hydrogen) atoms. The molecule has 0 spiro atoms. The lowest BCUT2D eigenvalue weighted by atomic mass is 10.0. The maximum atomic E-state index is 12.6. The van der Waals surface area contributed by atoms with Crippen molar-refractivity contribution in [1.82, 2.24) is 14.9 Å². The second kappa shape index (κ2) is 6.55. The molecule has 1 fully saturated rings. The number of aromatic nitrogens is 2. The molecule has 1 N–H and O–H groups in total. The number of halogens is 2. The summed E-state index contributed by atoms with van der Waals surface area (Å²) >= 11 is 4.37. The van der Waals surface area contributed by atoms with Crippen LogP contribution in [-0.2, 0) is 4.74 Å². The van der Waals surface area contributed by atoms with Gasteiger partial charge in [0.2, 0.25) is 0 Å². The molecule has 120 valence electrons. The van der Waals surface area contributed by atoms with Crippen LogP contribution in [-0.4, -0.2) is 32.6 Å². The van der Waals surface area contributed by atoms with Crippen molar-refractivity contribution in [1.29, 1.82) is 0 Å². The second-order valence-electron chi connectivity index (χ2n) is 6.38. The maximum absolute atomic E-state index is 12.6. The van der Waals surface area contributed by atoms with Gasteiger partial charge in [-0.05, 0) is 79.3 Å². The van der Waals surface area contributed by atoms with Crippen molar-refractivity contribution in [2.24, 2.45) is 5.92 Å². The first-order valence-corrected chi connectivity index (χ1v) is 9.18. The van der Waals surface area contributed by atoms with E-state index in [0.29, 0.717) is 6.42 Å². The third-order valence-electron chi connectivity index (χ3n) is 3.61. The Kier molecular flexibility index (Phi) is 5.31. The Morgan fingerprint density at radius 1 is 1.50 bits per heavy atom. The SMILES string of the molecule is C#C[C@@H]1C[C@@H](c2nc(I)c(I)[nH]2)N(C(=O)OC(C)(C)C)[C@@H]1C. The summed E-state index contributed by atoms with van der Waals surface area (Å²) in [6, 6.07) is -0.256. The van der Waals surface area contributed by atoms with E-state index in [1.54, 1.807) is 4.90 Å². The van der Waals surface area contributed by atoms with E-state index in [-0.39, 0.29) is 24.1 Å². The van der Waals surface area contributed by atoms with E-state index in [9.17, 15) is 4.79 Å². The number of carbonyl (C=O) groups excluding carboxylic acids is 1. The minimum atomic E-state index is -0.540.